The number of alkyl halides is 3. The van der Waals surface area contributed by atoms with Crippen molar-refractivity contribution >= 4 is 11.6 Å². The summed E-state index contributed by atoms with van der Waals surface area (Å²) in [6, 6.07) is 1.93. The van der Waals surface area contributed by atoms with Crippen molar-refractivity contribution in [2.24, 2.45) is 0 Å². The Bertz CT molecular complexity index is 368. The van der Waals surface area contributed by atoms with E-state index in [1.165, 1.54) is 6.07 Å². The first kappa shape index (κ1) is 12.3. The van der Waals surface area contributed by atoms with E-state index in [1.807, 2.05) is 0 Å². The van der Waals surface area contributed by atoms with Gasteiger partial charge in [0.15, 0.2) is 5.82 Å². The quantitative estimate of drug-likeness (QED) is 0.628. The number of hydrogen-bond acceptors (Lipinski definition) is 0. The molecule has 0 fully saturated rings. The summed E-state index contributed by atoms with van der Waals surface area (Å²) in [5.41, 5.74) is -0.945. The second-order valence-electron chi connectivity index (χ2n) is 3.48. The standard InChI is InChI=1S/C10H9ClF4/c1-5(2)6-3-4-7(10(13,14)15)9(12)8(6)11/h3-5H,1-2H3. The van der Waals surface area contributed by atoms with E-state index in [1.54, 1.807) is 13.8 Å². The largest absolute Gasteiger partial charge is 0.419 e. The fourth-order valence-corrected chi connectivity index (χ4v) is 1.61. The van der Waals surface area contributed by atoms with Crippen LogP contribution in [0.25, 0.3) is 0 Å². The van der Waals surface area contributed by atoms with Gasteiger partial charge in [0, 0.05) is 0 Å². The number of hydrogen-bond donors (Lipinski definition) is 0. The highest BCUT2D eigenvalue weighted by Gasteiger charge is 2.35. The van der Waals surface area contributed by atoms with Crippen LogP contribution >= 0.6 is 11.6 Å². The average Bonchev–Trinajstić information content (AvgIpc) is 2.06. The molecule has 0 nitrogen and oxygen atoms in total. The lowest BCUT2D eigenvalue weighted by atomic mass is 10.0. The summed E-state index contributed by atoms with van der Waals surface area (Å²) in [6.45, 7) is 3.46. The van der Waals surface area contributed by atoms with E-state index in [-0.39, 0.29) is 5.92 Å². The lowest BCUT2D eigenvalue weighted by molar-refractivity contribution is -0.140. The molecule has 0 atom stereocenters. The topological polar surface area (TPSA) is 0 Å². The van der Waals surface area contributed by atoms with Gasteiger partial charge in [0.05, 0.1) is 10.6 Å². The van der Waals surface area contributed by atoms with E-state index in [0.29, 0.717) is 5.56 Å². The van der Waals surface area contributed by atoms with E-state index in [2.05, 4.69) is 0 Å². The van der Waals surface area contributed by atoms with Crippen LogP contribution in [0.1, 0.15) is 30.9 Å². The van der Waals surface area contributed by atoms with Crippen molar-refractivity contribution in [3.05, 3.63) is 34.1 Å². The molecule has 0 amide bonds. The number of halogens is 5. The minimum Gasteiger partial charge on any atom is -0.205 e. The van der Waals surface area contributed by atoms with E-state index in [0.717, 1.165) is 6.07 Å². The van der Waals surface area contributed by atoms with Crippen LogP contribution in [0.2, 0.25) is 5.02 Å². The van der Waals surface area contributed by atoms with Crippen molar-refractivity contribution in [2.45, 2.75) is 25.9 Å². The maximum Gasteiger partial charge on any atom is 0.419 e. The molecule has 0 aliphatic heterocycles. The third-order valence-corrected chi connectivity index (χ3v) is 2.42. The van der Waals surface area contributed by atoms with E-state index in [4.69, 9.17) is 11.6 Å². The zero-order valence-corrected chi connectivity index (χ0v) is 8.88. The molecule has 15 heavy (non-hydrogen) atoms. The second-order valence-corrected chi connectivity index (χ2v) is 3.86. The highest BCUT2D eigenvalue weighted by molar-refractivity contribution is 6.31. The normalized spacial score (nSPS) is 12.3. The number of benzene rings is 1. The van der Waals surface area contributed by atoms with Gasteiger partial charge in [-0.05, 0) is 17.5 Å². The molecule has 1 rings (SSSR count). The van der Waals surface area contributed by atoms with Crippen LogP contribution in [0.4, 0.5) is 17.6 Å². The van der Waals surface area contributed by atoms with Crippen LogP contribution in [0.5, 0.6) is 0 Å². The molecule has 1 aromatic rings. The van der Waals surface area contributed by atoms with Crippen LogP contribution in [-0.2, 0) is 6.18 Å². The lowest BCUT2D eigenvalue weighted by Crippen LogP contribution is -2.09. The summed E-state index contributed by atoms with van der Waals surface area (Å²) in [4.78, 5) is 0. The molecular formula is C10H9ClF4. The third-order valence-electron chi connectivity index (χ3n) is 2.04. The molecule has 0 aliphatic rings. The minimum absolute atomic E-state index is 0.116. The Hall–Kier alpha value is -0.770. The minimum atomic E-state index is -4.71. The van der Waals surface area contributed by atoms with Crippen molar-refractivity contribution in [2.75, 3.05) is 0 Å². The predicted molar refractivity (Wildman–Crippen MR) is 50.5 cm³/mol. The molecule has 5 heteroatoms. The molecule has 0 N–H and O–H groups in total. The fourth-order valence-electron chi connectivity index (χ4n) is 1.23. The van der Waals surface area contributed by atoms with E-state index >= 15 is 0 Å². The second kappa shape index (κ2) is 4.00. The van der Waals surface area contributed by atoms with Crippen molar-refractivity contribution < 1.29 is 17.6 Å². The van der Waals surface area contributed by atoms with Crippen molar-refractivity contribution in [3.63, 3.8) is 0 Å². The smallest absolute Gasteiger partial charge is 0.205 e. The van der Waals surface area contributed by atoms with Crippen LogP contribution in [0.15, 0.2) is 12.1 Å². The third kappa shape index (κ3) is 2.43. The van der Waals surface area contributed by atoms with Gasteiger partial charge in [0.25, 0.3) is 0 Å². The molecule has 0 aliphatic carbocycles. The Morgan fingerprint density at radius 2 is 1.73 bits per heavy atom. The van der Waals surface area contributed by atoms with Crippen LogP contribution in [0.3, 0.4) is 0 Å². The summed E-state index contributed by atoms with van der Waals surface area (Å²) in [5, 5.41) is -0.445. The molecule has 0 saturated carbocycles. The van der Waals surface area contributed by atoms with Crippen molar-refractivity contribution in [1.29, 1.82) is 0 Å². The van der Waals surface area contributed by atoms with Gasteiger partial charge in [-0.1, -0.05) is 31.5 Å². The fraction of sp³-hybridized carbons (Fsp3) is 0.400. The van der Waals surface area contributed by atoms with Crippen molar-refractivity contribution in [1.82, 2.24) is 0 Å². The Balaban J connectivity index is 3.34. The summed E-state index contributed by atoms with van der Waals surface area (Å²) < 4.78 is 50.1. The van der Waals surface area contributed by atoms with Gasteiger partial charge < -0.3 is 0 Å². The lowest BCUT2D eigenvalue weighted by Gasteiger charge is -2.13. The zero-order valence-electron chi connectivity index (χ0n) is 8.12. The Morgan fingerprint density at radius 3 is 2.13 bits per heavy atom. The predicted octanol–water partition coefficient (Wildman–Crippen LogP) is 4.62. The highest BCUT2D eigenvalue weighted by Crippen LogP contribution is 2.37. The van der Waals surface area contributed by atoms with Gasteiger partial charge in [-0.15, -0.1) is 0 Å². The Morgan fingerprint density at radius 1 is 1.20 bits per heavy atom. The Labute approximate surface area is 89.9 Å². The first-order chi connectivity index (χ1) is 6.75. The van der Waals surface area contributed by atoms with Gasteiger partial charge in [0.2, 0.25) is 0 Å². The molecule has 0 saturated heterocycles. The first-order valence-electron chi connectivity index (χ1n) is 4.30. The molecule has 1 aromatic carbocycles. The molecule has 0 bridgehead atoms. The van der Waals surface area contributed by atoms with Gasteiger partial charge in [-0.25, -0.2) is 4.39 Å². The molecular weight excluding hydrogens is 232 g/mol. The van der Waals surface area contributed by atoms with E-state index < -0.39 is 22.6 Å². The average molecular weight is 241 g/mol. The van der Waals surface area contributed by atoms with Crippen molar-refractivity contribution in [3.8, 4) is 0 Å². The summed E-state index contributed by atoms with van der Waals surface area (Å²) in [6.07, 6.45) is -4.71. The molecule has 0 aromatic heterocycles. The molecule has 0 heterocycles. The van der Waals surface area contributed by atoms with Gasteiger partial charge in [-0.2, -0.15) is 13.2 Å². The molecule has 0 spiro atoms. The SMILES string of the molecule is CC(C)c1ccc(C(F)(F)F)c(F)c1Cl. The zero-order chi connectivity index (χ0) is 11.8. The molecule has 0 radical (unpaired) electrons. The maximum atomic E-state index is 13.3. The Kier molecular flexibility index (Phi) is 3.28. The summed E-state index contributed by atoms with van der Waals surface area (Å²) in [5.74, 6) is -1.51. The number of rotatable bonds is 1. The maximum absolute atomic E-state index is 13.3. The molecule has 0 unspecified atom stereocenters. The van der Waals surface area contributed by atoms with Gasteiger partial charge in [-0.3, -0.25) is 0 Å². The highest BCUT2D eigenvalue weighted by atomic mass is 35.5. The van der Waals surface area contributed by atoms with Crippen LogP contribution in [-0.4, -0.2) is 0 Å². The van der Waals surface area contributed by atoms with Crippen LogP contribution < -0.4 is 0 Å². The van der Waals surface area contributed by atoms with Gasteiger partial charge >= 0.3 is 6.18 Å². The van der Waals surface area contributed by atoms with Gasteiger partial charge in [0.1, 0.15) is 0 Å². The summed E-state index contributed by atoms with van der Waals surface area (Å²) >= 11 is 5.52. The van der Waals surface area contributed by atoms with Crippen LogP contribution in [0, 0.1) is 5.82 Å². The summed E-state index contributed by atoms with van der Waals surface area (Å²) in [7, 11) is 0. The first-order valence-corrected chi connectivity index (χ1v) is 4.68. The monoisotopic (exact) mass is 240 g/mol. The molecule has 84 valence electrons. The van der Waals surface area contributed by atoms with E-state index in [9.17, 15) is 17.6 Å².